The van der Waals surface area contributed by atoms with Crippen LogP contribution in [0.3, 0.4) is 0 Å². The Bertz CT molecular complexity index is 501. The molecule has 92 valence electrons. The lowest BCUT2D eigenvalue weighted by molar-refractivity contribution is 0.0698. The van der Waals surface area contributed by atoms with Crippen molar-refractivity contribution >= 4 is 11.7 Å². The van der Waals surface area contributed by atoms with Gasteiger partial charge in [0.15, 0.2) is 0 Å². The maximum atomic E-state index is 11.1. The molecule has 0 bridgehead atoms. The van der Waals surface area contributed by atoms with Crippen LogP contribution in [-0.4, -0.2) is 11.1 Å². The fourth-order valence-corrected chi connectivity index (χ4v) is 3.22. The van der Waals surface area contributed by atoms with Gasteiger partial charge in [-0.3, -0.25) is 0 Å². The maximum absolute atomic E-state index is 11.1. The molecule has 2 rings (SSSR count). The van der Waals surface area contributed by atoms with E-state index >= 15 is 0 Å². The highest BCUT2D eigenvalue weighted by molar-refractivity contribution is 5.94. The standard InChI is InChI=1S/C14H19NO2/c1-13(2)7-14(3,4)10-6-11(15)8(12(16)17)5-9(10)13/h5-6H,7,15H2,1-4H3,(H,16,17). The van der Waals surface area contributed by atoms with Gasteiger partial charge >= 0.3 is 5.97 Å². The van der Waals surface area contributed by atoms with Gasteiger partial charge in [-0.2, -0.15) is 0 Å². The largest absolute Gasteiger partial charge is 0.478 e. The first-order valence-corrected chi connectivity index (χ1v) is 5.83. The summed E-state index contributed by atoms with van der Waals surface area (Å²) in [7, 11) is 0. The summed E-state index contributed by atoms with van der Waals surface area (Å²) in [5, 5.41) is 9.12. The second-order valence-corrected chi connectivity index (χ2v) is 6.23. The van der Waals surface area contributed by atoms with Gasteiger partial charge in [0.1, 0.15) is 0 Å². The molecule has 3 nitrogen and oxygen atoms in total. The molecule has 0 saturated carbocycles. The Morgan fingerprint density at radius 1 is 1.18 bits per heavy atom. The number of hydrogen-bond acceptors (Lipinski definition) is 2. The van der Waals surface area contributed by atoms with E-state index in [1.807, 2.05) is 6.07 Å². The molecule has 17 heavy (non-hydrogen) atoms. The minimum absolute atomic E-state index is 0.0106. The van der Waals surface area contributed by atoms with Gasteiger partial charge in [-0.1, -0.05) is 27.7 Å². The molecule has 0 spiro atoms. The van der Waals surface area contributed by atoms with Crippen LogP contribution >= 0.6 is 0 Å². The monoisotopic (exact) mass is 233 g/mol. The highest BCUT2D eigenvalue weighted by Gasteiger charge is 2.42. The molecule has 3 N–H and O–H groups in total. The summed E-state index contributed by atoms with van der Waals surface area (Å²) in [6.45, 7) is 8.67. The van der Waals surface area contributed by atoms with Crippen molar-refractivity contribution in [3.05, 3.63) is 28.8 Å². The Hall–Kier alpha value is -1.51. The first-order chi connectivity index (χ1) is 7.65. The van der Waals surface area contributed by atoms with Crippen molar-refractivity contribution in [2.75, 3.05) is 5.73 Å². The molecule has 1 aliphatic rings. The zero-order valence-corrected chi connectivity index (χ0v) is 10.8. The lowest BCUT2D eigenvalue weighted by Crippen LogP contribution is -2.18. The minimum atomic E-state index is -0.953. The summed E-state index contributed by atoms with van der Waals surface area (Å²) in [5.41, 5.74) is 8.78. The van der Waals surface area contributed by atoms with Crippen LogP contribution in [0, 0.1) is 0 Å². The molecule has 0 fully saturated rings. The summed E-state index contributed by atoms with van der Waals surface area (Å²) >= 11 is 0. The van der Waals surface area contributed by atoms with E-state index < -0.39 is 5.97 Å². The molecule has 1 aromatic carbocycles. The van der Waals surface area contributed by atoms with Crippen molar-refractivity contribution in [1.29, 1.82) is 0 Å². The van der Waals surface area contributed by atoms with Gasteiger partial charge in [0.05, 0.1) is 5.56 Å². The second kappa shape index (κ2) is 3.25. The molecule has 1 aromatic rings. The molecule has 0 amide bonds. The van der Waals surface area contributed by atoms with Crippen LogP contribution in [0.25, 0.3) is 0 Å². The predicted molar refractivity (Wildman–Crippen MR) is 68.5 cm³/mol. The molecular formula is C14H19NO2. The van der Waals surface area contributed by atoms with E-state index in [1.54, 1.807) is 6.07 Å². The van der Waals surface area contributed by atoms with Gasteiger partial charge < -0.3 is 10.8 Å². The number of carbonyl (C=O) groups is 1. The number of rotatable bonds is 1. The first kappa shape index (κ1) is 12.0. The van der Waals surface area contributed by atoms with Crippen molar-refractivity contribution in [3.63, 3.8) is 0 Å². The van der Waals surface area contributed by atoms with Gasteiger partial charge in [0.2, 0.25) is 0 Å². The zero-order chi connectivity index (χ0) is 13.0. The van der Waals surface area contributed by atoms with Gasteiger partial charge in [-0.05, 0) is 40.5 Å². The van der Waals surface area contributed by atoms with Crippen molar-refractivity contribution in [3.8, 4) is 0 Å². The highest BCUT2D eigenvalue weighted by atomic mass is 16.4. The summed E-state index contributed by atoms with van der Waals surface area (Å²) in [6, 6.07) is 3.59. The average molecular weight is 233 g/mol. The minimum Gasteiger partial charge on any atom is -0.478 e. The Balaban J connectivity index is 2.72. The van der Waals surface area contributed by atoms with E-state index in [0.717, 1.165) is 12.0 Å². The number of anilines is 1. The molecule has 0 heterocycles. The van der Waals surface area contributed by atoms with Crippen LogP contribution in [0.15, 0.2) is 12.1 Å². The second-order valence-electron chi connectivity index (χ2n) is 6.23. The smallest absolute Gasteiger partial charge is 0.337 e. The summed E-state index contributed by atoms with van der Waals surface area (Å²) in [4.78, 5) is 11.1. The summed E-state index contributed by atoms with van der Waals surface area (Å²) in [5.74, 6) is -0.953. The Kier molecular flexibility index (Phi) is 2.29. The van der Waals surface area contributed by atoms with Gasteiger partial charge in [-0.25, -0.2) is 4.79 Å². The quantitative estimate of drug-likeness (QED) is 0.733. The zero-order valence-electron chi connectivity index (χ0n) is 10.8. The molecule has 3 heteroatoms. The third kappa shape index (κ3) is 1.70. The predicted octanol–water partition coefficient (Wildman–Crippen LogP) is 2.93. The highest BCUT2D eigenvalue weighted by Crippen LogP contribution is 2.50. The maximum Gasteiger partial charge on any atom is 0.337 e. The number of benzene rings is 1. The van der Waals surface area contributed by atoms with Gasteiger partial charge in [-0.15, -0.1) is 0 Å². The molecule has 1 aliphatic carbocycles. The normalized spacial score (nSPS) is 20.0. The van der Waals surface area contributed by atoms with E-state index in [1.165, 1.54) is 5.56 Å². The number of carboxylic acids is 1. The van der Waals surface area contributed by atoms with Gasteiger partial charge in [0.25, 0.3) is 0 Å². The number of nitrogen functional groups attached to an aromatic ring is 1. The van der Waals surface area contributed by atoms with Crippen molar-refractivity contribution in [2.24, 2.45) is 0 Å². The number of carboxylic acid groups (broad SMARTS) is 1. The topological polar surface area (TPSA) is 63.3 Å². The third-order valence-corrected chi connectivity index (χ3v) is 3.76. The molecular weight excluding hydrogens is 214 g/mol. The molecule has 0 unspecified atom stereocenters. The van der Waals surface area contributed by atoms with E-state index in [-0.39, 0.29) is 16.4 Å². The van der Waals surface area contributed by atoms with E-state index in [2.05, 4.69) is 27.7 Å². The number of aromatic carboxylic acids is 1. The van der Waals surface area contributed by atoms with E-state index in [0.29, 0.717) is 5.69 Å². The van der Waals surface area contributed by atoms with Crippen LogP contribution in [0.1, 0.15) is 55.6 Å². The van der Waals surface area contributed by atoms with Gasteiger partial charge in [0, 0.05) is 5.69 Å². The molecule has 0 atom stereocenters. The molecule has 0 aromatic heterocycles. The third-order valence-electron chi connectivity index (χ3n) is 3.76. The molecule has 0 radical (unpaired) electrons. The number of nitrogens with two attached hydrogens (primary N) is 1. The lowest BCUT2D eigenvalue weighted by atomic mass is 9.82. The van der Waals surface area contributed by atoms with E-state index in [9.17, 15) is 4.79 Å². The fraction of sp³-hybridized carbons (Fsp3) is 0.500. The van der Waals surface area contributed by atoms with Crippen LogP contribution < -0.4 is 5.73 Å². The average Bonchev–Trinajstić information content (AvgIpc) is 2.30. The summed E-state index contributed by atoms with van der Waals surface area (Å²) < 4.78 is 0. The Morgan fingerprint density at radius 2 is 1.65 bits per heavy atom. The van der Waals surface area contributed by atoms with E-state index in [4.69, 9.17) is 10.8 Å². The molecule has 0 saturated heterocycles. The Labute approximate surface area is 102 Å². The first-order valence-electron chi connectivity index (χ1n) is 5.83. The van der Waals surface area contributed by atoms with Crippen LogP contribution in [-0.2, 0) is 10.8 Å². The number of hydrogen-bond donors (Lipinski definition) is 2. The SMILES string of the molecule is CC1(C)CC(C)(C)c2cc(C(=O)O)c(N)cc21. The van der Waals surface area contributed by atoms with Crippen molar-refractivity contribution in [1.82, 2.24) is 0 Å². The summed E-state index contributed by atoms with van der Waals surface area (Å²) in [6.07, 6.45) is 1.01. The Morgan fingerprint density at radius 3 is 2.12 bits per heavy atom. The van der Waals surface area contributed by atoms with Crippen LogP contribution in [0.4, 0.5) is 5.69 Å². The van der Waals surface area contributed by atoms with Crippen LogP contribution in [0.2, 0.25) is 0 Å². The van der Waals surface area contributed by atoms with Crippen molar-refractivity contribution < 1.29 is 9.90 Å². The number of fused-ring (bicyclic) bond motifs is 1. The fourth-order valence-electron chi connectivity index (χ4n) is 3.22. The van der Waals surface area contributed by atoms with Crippen molar-refractivity contribution in [2.45, 2.75) is 44.9 Å². The molecule has 0 aliphatic heterocycles. The lowest BCUT2D eigenvalue weighted by Gasteiger charge is -2.22. The van der Waals surface area contributed by atoms with Crippen LogP contribution in [0.5, 0.6) is 0 Å².